The van der Waals surface area contributed by atoms with E-state index < -0.39 is 12.1 Å². The zero-order valence-corrected chi connectivity index (χ0v) is 11.3. The average Bonchev–Trinajstić information content (AvgIpc) is 2.45. The van der Waals surface area contributed by atoms with Crippen LogP contribution in [0.1, 0.15) is 36.8 Å². The van der Waals surface area contributed by atoms with Crippen LogP contribution < -0.4 is 5.32 Å². The molecule has 1 fully saturated rings. The molecule has 0 radical (unpaired) electrons. The molecule has 2 N–H and O–H groups in total. The number of alkyl halides is 3. The van der Waals surface area contributed by atoms with Crippen LogP contribution in [0.2, 0.25) is 0 Å². The van der Waals surface area contributed by atoms with Gasteiger partial charge in [0.1, 0.15) is 0 Å². The second-order valence-electron chi connectivity index (χ2n) is 5.45. The topological polar surface area (TPSA) is 32.3 Å². The molecule has 0 aromatic heterocycles. The Morgan fingerprint density at radius 1 is 1.10 bits per heavy atom. The molecule has 1 aliphatic carbocycles. The van der Waals surface area contributed by atoms with E-state index in [2.05, 4.69) is 5.32 Å². The first-order valence-corrected chi connectivity index (χ1v) is 6.98. The summed E-state index contributed by atoms with van der Waals surface area (Å²) < 4.78 is 37.7. The van der Waals surface area contributed by atoms with E-state index in [9.17, 15) is 13.2 Å². The van der Waals surface area contributed by atoms with Crippen molar-refractivity contribution in [1.82, 2.24) is 5.32 Å². The standard InChI is InChI=1S/C15H20F3NO/c16-15(17,18)13-4-6-14(7-5-13)19-9-11-2-1-3-12(8-11)10-20/h1-3,8,13-14,19-20H,4-7,9-10H2. The quantitative estimate of drug-likeness (QED) is 0.889. The molecule has 2 rings (SSSR count). The van der Waals surface area contributed by atoms with Crippen molar-refractivity contribution in [3.63, 3.8) is 0 Å². The summed E-state index contributed by atoms with van der Waals surface area (Å²) in [7, 11) is 0. The number of rotatable bonds is 4. The summed E-state index contributed by atoms with van der Waals surface area (Å²) in [5.41, 5.74) is 1.90. The number of halogens is 3. The van der Waals surface area contributed by atoms with Crippen molar-refractivity contribution in [2.45, 2.75) is 51.1 Å². The van der Waals surface area contributed by atoms with Crippen LogP contribution in [-0.4, -0.2) is 17.3 Å². The first-order valence-electron chi connectivity index (χ1n) is 6.98. The van der Waals surface area contributed by atoms with Crippen molar-refractivity contribution in [2.24, 2.45) is 5.92 Å². The fourth-order valence-corrected chi connectivity index (χ4v) is 2.73. The number of aliphatic hydroxyl groups excluding tert-OH is 1. The first-order chi connectivity index (χ1) is 9.49. The Labute approximate surface area is 117 Å². The highest BCUT2D eigenvalue weighted by molar-refractivity contribution is 5.22. The molecule has 0 aliphatic heterocycles. The zero-order chi connectivity index (χ0) is 14.6. The van der Waals surface area contributed by atoms with Gasteiger partial charge in [-0.1, -0.05) is 24.3 Å². The highest BCUT2D eigenvalue weighted by Crippen LogP contribution is 2.37. The Morgan fingerprint density at radius 2 is 1.75 bits per heavy atom. The third kappa shape index (κ3) is 4.21. The number of nitrogens with one attached hydrogen (secondary N) is 1. The zero-order valence-electron chi connectivity index (χ0n) is 11.3. The summed E-state index contributed by atoms with van der Waals surface area (Å²) in [6, 6.07) is 7.75. The van der Waals surface area contributed by atoms with Gasteiger partial charge in [0.15, 0.2) is 0 Å². The van der Waals surface area contributed by atoms with E-state index in [0.29, 0.717) is 19.4 Å². The fraction of sp³-hybridized carbons (Fsp3) is 0.600. The first kappa shape index (κ1) is 15.3. The normalized spacial score (nSPS) is 23.8. The predicted octanol–water partition coefficient (Wildman–Crippen LogP) is 3.39. The molecule has 0 spiro atoms. The second-order valence-corrected chi connectivity index (χ2v) is 5.45. The van der Waals surface area contributed by atoms with Crippen LogP contribution in [0.15, 0.2) is 24.3 Å². The number of hydrogen-bond acceptors (Lipinski definition) is 2. The third-order valence-electron chi connectivity index (χ3n) is 3.96. The second kappa shape index (κ2) is 6.59. The minimum absolute atomic E-state index is 0.00450. The molecule has 2 nitrogen and oxygen atoms in total. The molecular weight excluding hydrogens is 267 g/mol. The number of hydrogen-bond donors (Lipinski definition) is 2. The SMILES string of the molecule is OCc1cccc(CNC2CCC(C(F)(F)F)CC2)c1. The van der Waals surface area contributed by atoms with Gasteiger partial charge in [-0.25, -0.2) is 0 Å². The van der Waals surface area contributed by atoms with Crippen LogP contribution in [0, 0.1) is 5.92 Å². The Kier molecular flexibility index (Phi) is 5.05. The van der Waals surface area contributed by atoms with Crippen LogP contribution >= 0.6 is 0 Å². The molecule has 0 unspecified atom stereocenters. The van der Waals surface area contributed by atoms with E-state index in [1.165, 1.54) is 0 Å². The number of aliphatic hydroxyl groups is 1. The van der Waals surface area contributed by atoms with Crippen LogP contribution in [0.25, 0.3) is 0 Å². The smallest absolute Gasteiger partial charge is 0.391 e. The van der Waals surface area contributed by atoms with Gasteiger partial charge >= 0.3 is 6.18 Å². The third-order valence-corrected chi connectivity index (χ3v) is 3.96. The van der Waals surface area contributed by atoms with Crippen LogP contribution in [-0.2, 0) is 13.2 Å². The Hall–Kier alpha value is -1.07. The molecule has 0 heterocycles. The van der Waals surface area contributed by atoms with E-state index in [1.54, 1.807) is 0 Å². The monoisotopic (exact) mass is 287 g/mol. The summed E-state index contributed by atoms with van der Waals surface area (Å²) in [5.74, 6) is -1.13. The Morgan fingerprint density at radius 3 is 2.35 bits per heavy atom. The van der Waals surface area contributed by atoms with E-state index >= 15 is 0 Å². The summed E-state index contributed by atoms with van der Waals surface area (Å²) in [6.07, 6.45) is -2.45. The summed E-state index contributed by atoms with van der Waals surface area (Å²) in [6.45, 7) is 0.639. The highest BCUT2D eigenvalue weighted by Gasteiger charge is 2.41. The molecule has 1 saturated carbocycles. The Bertz CT molecular complexity index is 425. The maximum atomic E-state index is 12.6. The minimum atomic E-state index is -4.04. The molecule has 0 amide bonds. The van der Waals surface area contributed by atoms with Gasteiger partial charge in [0, 0.05) is 12.6 Å². The van der Waals surface area contributed by atoms with Gasteiger partial charge in [-0.3, -0.25) is 0 Å². The molecule has 0 atom stereocenters. The van der Waals surface area contributed by atoms with Gasteiger partial charge in [0.25, 0.3) is 0 Å². The molecule has 1 aromatic rings. The fourth-order valence-electron chi connectivity index (χ4n) is 2.73. The number of benzene rings is 1. The minimum Gasteiger partial charge on any atom is -0.392 e. The van der Waals surface area contributed by atoms with Gasteiger partial charge in [-0.2, -0.15) is 13.2 Å². The van der Waals surface area contributed by atoms with Crippen molar-refractivity contribution < 1.29 is 18.3 Å². The van der Waals surface area contributed by atoms with E-state index in [0.717, 1.165) is 11.1 Å². The molecule has 1 aliphatic rings. The summed E-state index contributed by atoms with van der Waals surface area (Å²) in [5, 5.41) is 12.4. The summed E-state index contributed by atoms with van der Waals surface area (Å²) in [4.78, 5) is 0. The molecule has 0 bridgehead atoms. The largest absolute Gasteiger partial charge is 0.392 e. The van der Waals surface area contributed by atoms with E-state index in [-0.39, 0.29) is 25.5 Å². The molecule has 0 saturated heterocycles. The molecule has 20 heavy (non-hydrogen) atoms. The molecular formula is C15H20F3NO. The van der Waals surface area contributed by atoms with Gasteiger partial charge < -0.3 is 10.4 Å². The van der Waals surface area contributed by atoms with Gasteiger partial charge in [-0.05, 0) is 36.8 Å². The molecule has 5 heteroatoms. The van der Waals surface area contributed by atoms with E-state index in [1.807, 2.05) is 24.3 Å². The lowest BCUT2D eigenvalue weighted by molar-refractivity contribution is -0.182. The molecule has 112 valence electrons. The van der Waals surface area contributed by atoms with E-state index in [4.69, 9.17) is 5.11 Å². The van der Waals surface area contributed by atoms with Crippen molar-refractivity contribution in [1.29, 1.82) is 0 Å². The van der Waals surface area contributed by atoms with Crippen molar-refractivity contribution in [3.05, 3.63) is 35.4 Å². The van der Waals surface area contributed by atoms with Crippen molar-refractivity contribution >= 4 is 0 Å². The Balaban J connectivity index is 1.78. The molecule has 1 aromatic carbocycles. The van der Waals surface area contributed by atoms with Crippen LogP contribution in [0.3, 0.4) is 0 Å². The van der Waals surface area contributed by atoms with Gasteiger partial charge in [0.2, 0.25) is 0 Å². The average molecular weight is 287 g/mol. The summed E-state index contributed by atoms with van der Waals surface area (Å²) >= 11 is 0. The van der Waals surface area contributed by atoms with Crippen LogP contribution in [0.4, 0.5) is 13.2 Å². The maximum absolute atomic E-state index is 12.6. The van der Waals surface area contributed by atoms with Gasteiger partial charge in [-0.15, -0.1) is 0 Å². The van der Waals surface area contributed by atoms with Crippen LogP contribution in [0.5, 0.6) is 0 Å². The highest BCUT2D eigenvalue weighted by atomic mass is 19.4. The lowest BCUT2D eigenvalue weighted by atomic mass is 9.85. The lowest BCUT2D eigenvalue weighted by Crippen LogP contribution is -2.36. The maximum Gasteiger partial charge on any atom is 0.391 e. The lowest BCUT2D eigenvalue weighted by Gasteiger charge is -2.30. The van der Waals surface area contributed by atoms with Crippen molar-refractivity contribution in [3.8, 4) is 0 Å². The van der Waals surface area contributed by atoms with Crippen molar-refractivity contribution in [2.75, 3.05) is 0 Å². The van der Waals surface area contributed by atoms with Gasteiger partial charge in [0.05, 0.1) is 12.5 Å². The predicted molar refractivity (Wildman–Crippen MR) is 71.0 cm³/mol.